The third-order valence-electron chi connectivity index (χ3n) is 4.22. The van der Waals surface area contributed by atoms with Crippen LogP contribution in [0.15, 0.2) is 18.3 Å². The van der Waals surface area contributed by atoms with Gasteiger partial charge in [-0.3, -0.25) is 4.98 Å². The van der Waals surface area contributed by atoms with Crippen LogP contribution in [0.3, 0.4) is 0 Å². The zero-order valence-corrected chi connectivity index (χ0v) is 10.0. The molecule has 0 radical (unpaired) electrons. The van der Waals surface area contributed by atoms with Crippen LogP contribution >= 0.6 is 0 Å². The molecule has 1 aromatic rings. The fourth-order valence-corrected chi connectivity index (χ4v) is 3.25. The maximum absolute atomic E-state index is 14.6. The molecule has 0 spiro atoms. The maximum atomic E-state index is 14.6. The molecule has 2 heterocycles. The standard InChI is InChI=1S/C14H19FN2/c15-13(10-5-8-16-9-6-10)12-4-3-11-2-1-7-17-14(11)12/h1-2,7,10,12-13,16H,3-6,8-9H2. The highest BCUT2D eigenvalue weighted by Gasteiger charge is 2.36. The summed E-state index contributed by atoms with van der Waals surface area (Å²) in [5.41, 5.74) is 2.28. The molecule has 1 aliphatic carbocycles. The average molecular weight is 234 g/mol. The summed E-state index contributed by atoms with van der Waals surface area (Å²) in [4.78, 5) is 4.40. The van der Waals surface area contributed by atoms with Gasteiger partial charge in [-0.05, 0) is 56.3 Å². The number of nitrogens with zero attached hydrogens (tertiary/aromatic N) is 1. The van der Waals surface area contributed by atoms with E-state index in [4.69, 9.17) is 0 Å². The fraction of sp³-hybridized carbons (Fsp3) is 0.643. The minimum absolute atomic E-state index is 0.0503. The molecule has 3 heteroatoms. The molecule has 92 valence electrons. The molecular formula is C14H19FN2. The summed E-state index contributed by atoms with van der Waals surface area (Å²) in [5, 5.41) is 3.30. The Morgan fingerprint density at radius 2 is 2.12 bits per heavy atom. The summed E-state index contributed by atoms with van der Waals surface area (Å²) in [5.74, 6) is 0.281. The smallest absolute Gasteiger partial charge is 0.111 e. The van der Waals surface area contributed by atoms with Gasteiger partial charge < -0.3 is 5.32 Å². The van der Waals surface area contributed by atoms with Crippen LogP contribution in [0, 0.1) is 5.92 Å². The quantitative estimate of drug-likeness (QED) is 0.850. The minimum Gasteiger partial charge on any atom is -0.317 e. The van der Waals surface area contributed by atoms with Crippen LogP contribution in [0.5, 0.6) is 0 Å². The highest BCUT2D eigenvalue weighted by molar-refractivity contribution is 5.29. The predicted molar refractivity (Wildman–Crippen MR) is 65.8 cm³/mol. The second-order valence-electron chi connectivity index (χ2n) is 5.22. The van der Waals surface area contributed by atoms with E-state index in [9.17, 15) is 4.39 Å². The summed E-state index contributed by atoms with van der Waals surface area (Å²) >= 11 is 0. The van der Waals surface area contributed by atoms with Gasteiger partial charge in [-0.15, -0.1) is 0 Å². The molecule has 0 amide bonds. The molecule has 1 saturated heterocycles. The summed E-state index contributed by atoms with van der Waals surface area (Å²) in [6, 6.07) is 4.05. The van der Waals surface area contributed by atoms with Gasteiger partial charge in [-0.2, -0.15) is 0 Å². The maximum Gasteiger partial charge on any atom is 0.111 e. The van der Waals surface area contributed by atoms with Crippen LogP contribution in [-0.4, -0.2) is 24.2 Å². The van der Waals surface area contributed by atoms with Crippen molar-refractivity contribution in [1.82, 2.24) is 10.3 Å². The summed E-state index contributed by atoms with van der Waals surface area (Å²) in [6.07, 6.45) is 4.98. The van der Waals surface area contributed by atoms with Crippen molar-refractivity contribution in [3.05, 3.63) is 29.6 Å². The number of pyridine rings is 1. The number of fused-ring (bicyclic) bond motifs is 1. The van der Waals surface area contributed by atoms with Gasteiger partial charge in [-0.1, -0.05) is 6.07 Å². The predicted octanol–water partition coefficient (Wildman–Crippen LogP) is 2.45. The first-order valence-electron chi connectivity index (χ1n) is 6.65. The molecule has 1 fully saturated rings. The zero-order chi connectivity index (χ0) is 11.7. The molecule has 17 heavy (non-hydrogen) atoms. The van der Waals surface area contributed by atoms with E-state index in [1.54, 1.807) is 6.20 Å². The second-order valence-corrected chi connectivity index (χ2v) is 5.22. The van der Waals surface area contributed by atoms with Gasteiger partial charge >= 0.3 is 0 Å². The SMILES string of the molecule is FC(C1CCNCC1)C1CCc2cccnc21. The summed E-state index contributed by atoms with van der Waals surface area (Å²) in [6.45, 7) is 1.93. The van der Waals surface area contributed by atoms with Gasteiger partial charge in [0.25, 0.3) is 0 Å². The Morgan fingerprint density at radius 3 is 2.94 bits per heavy atom. The van der Waals surface area contributed by atoms with E-state index in [1.165, 1.54) is 5.56 Å². The van der Waals surface area contributed by atoms with Crippen molar-refractivity contribution in [2.45, 2.75) is 37.8 Å². The normalized spacial score (nSPS) is 26.8. The number of halogens is 1. The van der Waals surface area contributed by atoms with E-state index >= 15 is 0 Å². The Bertz CT molecular complexity index is 388. The number of nitrogens with one attached hydrogen (secondary N) is 1. The third-order valence-corrected chi connectivity index (χ3v) is 4.22. The fourth-order valence-electron chi connectivity index (χ4n) is 3.25. The lowest BCUT2D eigenvalue weighted by Crippen LogP contribution is -2.34. The third kappa shape index (κ3) is 2.08. The van der Waals surface area contributed by atoms with E-state index in [1.807, 2.05) is 6.07 Å². The Kier molecular flexibility index (Phi) is 3.10. The first-order valence-corrected chi connectivity index (χ1v) is 6.65. The molecule has 0 bridgehead atoms. The molecule has 2 atom stereocenters. The summed E-state index contributed by atoms with van der Waals surface area (Å²) in [7, 11) is 0. The van der Waals surface area contributed by atoms with Crippen molar-refractivity contribution in [1.29, 1.82) is 0 Å². The van der Waals surface area contributed by atoms with Crippen molar-refractivity contribution in [3.8, 4) is 0 Å². The Morgan fingerprint density at radius 1 is 1.29 bits per heavy atom. The van der Waals surface area contributed by atoms with Crippen LogP contribution in [0.2, 0.25) is 0 Å². The molecule has 1 aliphatic heterocycles. The number of rotatable bonds is 2. The van der Waals surface area contributed by atoms with Gasteiger partial charge in [0.05, 0.1) is 0 Å². The van der Waals surface area contributed by atoms with Crippen LogP contribution < -0.4 is 5.32 Å². The molecule has 2 nitrogen and oxygen atoms in total. The van der Waals surface area contributed by atoms with E-state index in [0.717, 1.165) is 44.5 Å². The number of aryl methyl sites for hydroxylation is 1. The lowest BCUT2D eigenvalue weighted by Gasteiger charge is -2.29. The number of piperidine rings is 1. The monoisotopic (exact) mass is 234 g/mol. The Hall–Kier alpha value is -0.960. The lowest BCUT2D eigenvalue weighted by molar-refractivity contribution is 0.155. The van der Waals surface area contributed by atoms with Crippen LogP contribution in [0.1, 0.15) is 36.4 Å². The molecule has 2 aliphatic rings. The van der Waals surface area contributed by atoms with Crippen molar-refractivity contribution in [2.75, 3.05) is 13.1 Å². The zero-order valence-electron chi connectivity index (χ0n) is 10.0. The number of aromatic nitrogens is 1. The second kappa shape index (κ2) is 4.73. The molecular weight excluding hydrogens is 215 g/mol. The largest absolute Gasteiger partial charge is 0.317 e. The molecule has 3 rings (SSSR count). The summed E-state index contributed by atoms with van der Waals surface area (Å²) < 4.78 is 14.6. The molecule has 0 saturated carbocycles. The first kappa shape index (κ1) is 11.1. The van der Waals surface area contributed by atoms with E-state index in [0.29, 0.717) is 0 Å². The molecule has 1 aromatic heterocycles. The number of alkyl halides is 1. The minimum atomic E-state index is -0.701. The van der Waals surface area contributed by atoms with Gasteiger partial charge in [0.2, 0.25) is 0 Å². The van der Waals surface area contributed by atoms with Gasteiger partial charge in [-0.25, -0.2) is 4.39 Å². The van der Waals surface area contributed by atoms with Gasteiger partial charge in [0.1, 0.15) is 6.17 Å². The van der Waals surface area contributed by atoms with Gasteiger partial charge in [0.15, 0.2) is 0 Å². The molecule has 1 N–H and O–H groups in total. The lowest BCUT2D eigenvalue weighted by atomic mass is 9.84. The van der Waals surface area contributed by atoms with E-state index in [2.05, 4.69) is 16.4 Å². The van der Waals surface area contributed by atoms with E-state index in [-0.39, 0.29) is 11.8 Å². The highest BCUT2D eigenvalue weighted by atomic mass is 19.1. The molecule has 0 aromatic carbocycles. The molecule has 2 unspecified atom stereocenters. The Labute approximate surface area is 102 Å². The van der Waals surface area contributed by atoms with Crippen molar-refractivity contribution in [2.24, 2.45) is 5.92 Å². The number of hydrogen-bond acceptors (Lipinski definition) is 2. The van der Waals surface area contributed by atoms with Crippen LogP contribution in [-0.2, 0) is 6.42 Å². The van der Waals surface area contributed by atoms with Crippen LogP contribution in [0.25, 0.3) is 0 Å². The first-order chi connectivity index (χ1) is 8.36. The highest BCUT2D eigenvalue weighted by Crippen LogP contribution is 2.39. The topological polar surface area (TPSA) is 24.9 Å². The van der Waals surface area contributed by atoms with Crippen molar-refractivity contribution < 1.29 is 4.39 Å². The van der Waals surface area contributed by atoms with Gasteiger partial charge in [0, 0.05) is 17.8 Å². The number of hydrogen-bond donors (Lipinski definition) is 1. The average Bonchev–Trinajstić information content (AvgIpc) is 2.83. The van der Waals surface area contributed by atoms with Crippen molar-refractivity contribution in [3.63, 3.8) is 0 Å². The Balaban J connectivity index is 1.76. The van der Waals surface area contributed by atoms with Crippen LogP contribution in [0.4, 0.5) is 4.39 Å². The van der Waals surface area contributed by atoms with Crippen molar-refractivity contribution >= 4 is 0 Å². The van der Waals surface area contributed by atoms with E-state index < -0.39 is 6.17 Å².